The summed E-state index contributed by atoms with van der Waals surface area (Å²) in [4.78, 5) is 12.8. The van der Waals surface area contributed by atoms with Crippen LogP contribution in [0.1, 0.15) is 37.7 Å². The number of hydrogen-bond acceptors (Lipinski definition) is 3. The van der Waals surface area contributed by atoms with Crippen molar-refractivity contribution in [1.82, 2.24) is 5.32 Å². The molecule has 2 fully saturated rings. The highest BCUT2D eigenvalue weighted by atomic mass is 35.5. The molecule has 4 nitrogen and oxygen atoms in total. The van der Waals surface area contributed by atoms with E-state index in [-0.39, 0.29) is 24.2 Å². The smallest absolute Gasteiger partial charge is 0.227 e. The quantitative estimate of drug-likeness (QED) is 0.821. The molecule has 2 saturated carbocycles. The molecule has 3 unspecified atom stereocenters. The van der Waals surface area contributed by atoms with E-state index in [0.717, 1.165) is 24.2 Å². The highest BCUT2D eigenvalue weighted by molar-refractivity contribution is 6.30. The van der Waals surface area contributed by atoms with Gasteiger partial charge in [-0.1, -0.05) is 18.0 Å². The molecule has 0 radical (unpaired) electrons. The Morgan fingerprint density at radius 2 is 1.96 bits per heavy atom. The standard InChI is InChI=1S/C19H25ClN2O2.ClH/c20-15-4-5-17-13(7-15)6-14(10-24-17)19(23)22-18-11-2-1-3-12(18)9-16(21)8-11;/h4-5,7,11-12,14,16,18H,1-3,6,8-10,21H2,(H,22,23);1H. The first-order valence-electron chi connectivity index (χ1n) is 9.07. The molecule has 3 N–H and O–H groups in total. The monoisotopic (exact) mass is 384 g/mol. The highest BCUT2D eigenvalue weighted by Crippen LogP contribution is 2.40. The molecular weight excluding hydrogens is 359 g/mol. The lowest BCUT2D eigenvalue weighted by Crippen LogP contribution is -2.55. The average Bonchev–Trinajstić information content (AvgIpc) is 2.55. The number of nitrogens with one attached hydrogen (secondary N) is 1. The van der Waals surface area contributed by atoms with Crippen molar-refractivity contribution >= 4 is 29.9 Å². The number of hydrogen-bond donors (Lipinski definition) is 2. The van der Waals surface area contributed by atoms with Gasteiger partial charge in [-0.2, -0.15) is 0 Å². The van der Waals surface area contributed by atoms with Gasteiger partial charge in [0.25, 0.3) is 0 Å². The molecule has 3 atom stereocenters. The topological polar surface area (TPSA) is 64.3 Å². The fourth-order valence-corrected chi connectivity index (χ4v) is 5.03. The molecule has 6 heteroatoms. The van der Waals surface area contributed by atoms with Crippen molar-refractivity contribution < 1.29 is 9.53 Å². The van der Waals surface area contributed by atoms with E-state index in [2.05, 4.69) is 5.32 Å². The van der Waals surface area contributed by atoms with Gasteiger partial charge in [0.1, 0.15) is 12.4 Å². The first kappa shape index (κ1) is 18.8. The second kappa shape index (κ2) is 7.73. The largest absolute Gasteiger partial charge is 0.492 e. The minimum Gasteiger partial charge on any atom is -0.492 e. The summed E-state index contributed by atoms with van der Waals surface area (Å²) in [5.41, 5.74) is 7.21. The molecule has 1 amide bonds. The van der Waals surface area contributed by atoms with Crippen molar-refractivity contribution in [3.05, 3.63) is 28.8 Å². The number of ether oxygens (including phenoxy) is 1. The summed E-state index contributed by atoms with van der Waals surface area (Å²) in [5.74, 6) is 1.93. The molecule has 2 aliphatic carbocycles. The van der Waals surface area contributed by atoms with Crippen LogP contribution in [0.2, 0.25) is 5.02 Å². The van der Waals surface area contributed by atoms with Crippen LogP contribution in [0.3, 0.4) is 0 Å². The Kier molecular flexibility index (Phi) is 5.81. The number of rotatable bonds is 2. The zero-order valence-electron chi connectivity index (χ0n) is 14.2. The minimum atomic E-state index is -0.132. The Morgan fingerprint density at radius 3 is 2.68 bits per heavy atom. The van der Waals surface area contributed by atoms with E-state index in [4.69, 9.17) is 22.1 Å². The summed E-state index contributed by atoms with van der Waals surface area (Å²) in [5, 5.41) is 4.04. The summed E-state index contributed by atoms with van der Waals surface area (Å²) in [6.45, 7) is 0.446. The lowest BCUT2D eigenvalue weighted by Gasteiger charge is -2.45. The van der Waals surface area contributed by atoms with E-state index in [0.29, 0.717) is 42.0 Å². The Labute approximate surface area is 160 Å². The molecule has 138 valence electrons. The molecule has 0 spiro atoms. The van der Waals surface area contributed by atoms with Crippen LogP contribution in [0.4, 0.5) is 0 Å². The number of nitrogens with two attached hydrogens (primary N) is 1. The Hall–Kier alpha value is -0.970. The van der Waals surface area contributed by atoms with Crippen LogP contribution in [0.15, 0.2) is 18.2 Å². The third-order valence-electron chi connectivity index (χ3n) is 5.99. The van der Waals surface area contributed by atoms with Crippen molar-refractivity contribution in [3.8, 4) is 5.75 Å². The summed E-state index contributed by atoms with van der Waals surface area (Å²) in [7, 11) is 0. The SMILES string of the molecule is Cl.NC1CC2CCCC(C1)C2NC(=O)C1COc2ccc(Cl)cc2C1. The first-order chi connectivity index (χ1) is 11.6. The van der Waals surface area contributed by atoms with Gasteiger partial charge < -0.3 is 15.8 Å². The van der Waals surface area contributed by atoms with Gasteiger partial charge in [0.15, 0.2) is 0 Å². The van der Waals surface area contributed by atoms with Crippen LogP contribution in [0.5, 0.6) is 5.75 Å². The van der Waals surface area contributed by atoms with E-state index in [1.807, 2.05) is 18.2 Å². The van der Waals surface area contributed by atoms with E-state index < -0.39 is 0 Å². The highest BCUT2D eigenvalue weighted by Gasteiger charge is 2.41. The molecule has 0 saturated heterocycles. The molecule has 2 bridgehead atoms. The van der Waals surface area contributed by atoms with Crippen molar-refractivity contribution in [1.29, 1.82) is 0 Å². The number of amides is 1. The van der Waals surface area contributed by atoms with Gasteiger partial charge in [-0.3, -0.25) is 4.79 Å². The van der Waals surface area contributed by atoms with Crippen LogP contribution in [-0.4, -0.2) is 24.6 Å². The van der Waals surface area contributed by atoms with Gasteiger partial charge in [0.2, 0.25) is 5.91 Å². The normalized spacial score (nSPS) is 33.4. The predicted octanol–water partition coefficient (Wildman–Crippen LogP) is 3.34. The zero-order valence-corrected chi connectivity index (χ0v) is 15.8. The van der Waals surface area contributed by atoms with Gasteiger partial charge in [-0.25, -0.2) is 0 Å². The number of carbonyl (C=O) groups excluding carboxylic acids is 1. The van der Waals surface area contributed by atoms with Crippen LogP contribution in [0, 0.1) is 17.8 Å². The number of fused-ring (bicyclic) bond motifs is 3. The minimum absolute atomic E-state index is 0. The number of halogens is 2. The maximum atomic E-state index is 12.8. The van der Waals surface area contributed by atoms with Crippen LogP contribution >= 0.6 is 24.0 Å². The first-order valence-corrected chi connectivity index (χ1v) is 9.45. The van der Waals surface area contributed by atoms with Crippen molar-refractivity contribution in [2.75, 3.05) is 6.61 Å². The Morgan fingerprint density at radius 1 is 1.24 bits per heavy atom. The molecule has 4 rings (SSSR count). The molecule has 25 heavy (non-hydrogen) atoms. The van der Waals surface area contributed by atoms with E-state index in [1.54, 1.807) is 0 Å². The van der Waals surface area contributed by atoms with Gasteiger partial charge in [0.05, 0.1) is 5.92 Å². The fourth-order valence-electron chi connectivity index (χ4n) is 4.84. The molecular formula is C19H26Cl2N2O2. The van der Waals surface area contributed by atoms with Crippen molar-refractivity contribution in [2.24, 2.45) is 23.5 Å². The summed E-state index contributed by atoms with van der Waals surface area (Å²) >= 11 is 6.07. The maximum absolute atomic E-state index is 12.8. The van der Waals surface area contributed by atoms with E-state index >= 15 is 0 Å². The van der Waals surface area contributed by atoms with Crippen molar-refractivity contribution in [2.45, 2.75) is 50.6 Å². The van der Waals surface area contributed by atoms with E-state index in [1.165, 1.54) is 19.3 Å². The van der Waals surface area contributed by atoms with E-state index in [9.17, 15) is 4.79 Å². The molecule has 1 aromatic rings. The average molecular weight is 385 g/mol. The van der Waals surface area contributed by atoms with Gasteiger partial charge in [-0.05, 0) is 67.7 Å². The van der Waals surface area contributed by atoms with Crippen LogP contribution in [-0.2, 0) is 11.2 Å². The Balaban J connectivity index is 0.00000182. The van der Waals surface area contributed by atoms with Gasteiger partial charge in [0, 0.05) is 17.1 Å². The molecule has 1 aliphatic heterocycles. The summed E-state index contributed by atoms with van der Waals surface area (Å²) in [6.07, 6.45) is 6.43. The second-order valence-corrected chi connectivity index (χ2v) is 8.12. The third kappa shape index (κ3) is 3.91. The van der Waals surface area contributed by atoms with Crippen LogP contribution < -0.4 is 15.8 Å². The molecule has 1 aromatic carbocycles. The summed E-state index contributed by atoms with van der Waals surface area (Å²) < 4.78 is 5.77. The molecule has 0 aromatic heterocycles. The second-order valence-electron chi connectivity index (χ2n) is 7.68. The zero-order chi connectivity index (χ0) is 16.7. The fraction of sp³-hybridized carbons (Fsp3) is 0.632. The van der Waals surface area contributed by atoms with Crippen molar-refractivity contribution in [3.63, 3.8) is 0 Å². The third-order valence-corrected chi connectivity index (χ3v) is 6.22. The number of carbonyl (C=O) groups is 1. The lowest BCUT2D eigenvalue weighted by molar-refractivity contribution is -0.128. The lowest BCUT2D eigenvalue weighted by atomic mass is 9.67. The van der Waals surface area contributed by atoms with Crippen LogP contribution in [0.25, 0.3) is 0 Å². The maximum Gasteiger partial charge on any atom is 0.227 e. The molecule has 3 aliphatic rings. The Bertz CT molecular complexity index is 626. The number of benzene rings is 1. The summed E-state index contributed by atoms with van der Waals surface area (Å²) in [6, 6.07) is 6.23. The van der Waals surface area contributed by atoms with Gasteiger partial charge in [-0.15, -0.1) is 12.4 Å². The van der Waals surface area contributed by atoms with Gasteiger partial charge >= 0.3 is 0 Å². The predicted molar refractivity (Wildman–Crippen MR) is 101 cm³/mol. The molecule has 1 heterocycles.